The summed E-state index contributed by atoms with van der Waals surface area (Å²) in [7, 11) is 1.46. The summed E-state index contributed by atoms with van der Waals surface area (Å²) in [4.78, 5) is 11.8. The number of hydrogen-bond donors (Lipinski definition) is 1. The Morgan fingerprint density at radius 1 is 1.24 bits per heavy atom. The van der Waals surface area contributed by atoms with Crippen molar-refractivity contribution >= 4 is 25.6 Å². The third-order valence-electron chi connectivity index (χ3n) is 3.44. The van der Waals surface area contributed by atoms with Crippen molar-refractivity contribution in [2.24, 2.45) is 0 Å². The van der Waals surface area contributed by atoms with Crippen molar-refractivity contribution in [2.45, 2.75) is 36.7 Å². The van der Waals surface area contributed by atoms with Gasteiger partial charge in [0.1, 0.15) is 0 Å². The fourth-order valence-corrected chi connectivity index (χ4v) is 3.09. The molecule has 0 atom stereocenters. The average Bonchev–Trinajstić information content (AvgIpc) is 2.96. The molecule has 5 nitrogen and oxygen atoms in total. The Hall–Kier alpha value is -1.11. The van der Waals surface area contributed by atoms with Crippen LogP contribution in [0.4, 0.5) is 0 Å². The van der Waals surface area contributed by atoms with Gasteiger partial charge in [-0.3, -0.25) is 4.79 Å². The average molecular weight is 332 g/mol. The summed E-state index contributed by atoms with van der Waals surface area (Å²) in [5.74, 6) is -0.261. The lowest BCUT2D eigenvalue weighted by atomic mass is 10.2. The quantitative estimate of drug-likeness (QED) is 0.641. The van der Waals surface area contributed by atoms with E-state index in [9.17, 15) is 13.2 Å². The zero-order valence-electron chi connectivity index (χ0n) is 11.5. The maximum Gasteiger partial charge on any atom is 0.261 e. The molecule has 0 radical (unpaired) electrons. The number of carbonyl (C=O) groups is 1. The van der Waals surface area contributed by atoms with E-state index < -0.39 is 9.05 Å². The molecule has 7 heteroatoms. The summed E-state index contributed by atoms with van der Waals surface area (Å²) in [6, 6.07) is 5.49. The topological polar surface area (TPSA) is 72.5 Å². The number of halogens is 1. The van der Waals surface area contributed by atoms with Gasteiger partial charge in [0.25, 0.3) is 15.0 Å². The van der Waals surface area contributed by atoms with Crippen LogP contribution in [-0.4, -0.2) is 33.6 Å². The molecule has 1 saturated carbocycles. The van der Waals surface area contributed by atoms with E-state index >= 15 is 0 Å². The minimum atomic E-state index is -3.76. The number of rotatable bonds is 6. The molecule has 0 aliphatic heterocycles. The first-order valence-electron chi connectivity index (χ1n) is 6.91. The van der Waals surface area contributed by atoms with Crippen LogP contribution >= 0.6 is 10.7 Å². The Bertz CT molecular complexity index is 579. The van der Waals surface area contributed by atoms with Crippen LogP contribution in [0.5, 0.6) is 0 Å². The predicted octanol–water partition coefficient (Wildman–Crippen LogP) is 2.30. The number of benzene rings is 1. The summed E-state index contributed by atoms with van der Waals surface area (Å²) < 4.78 is 27.8. The van der Waals surface area contributed by atoms with Gasteiger partial charge in [0.05, 0.1) is 17.6 Å². The second-order valence-corrected chi connectivity index (χ2v) is 7.56. The second kappa shape index (κ2) is 7.24. The summed E-state index contributed by atoms with van der Waals surface area (Å²) in [6.45, 7) is 0.926. The van der Waals surface area contributed by atoms with Crippen molar-refractivity contribution in [3.63, 3.8) is 0 Å². The second-order valence-electron chi connectivity index (χ2n) is 5.00. The zero-order chi connectivity index (χ0) is 15.3. The third kappa shape index (κ3) is 4.98. The molecule has 1 aliphatic rings. The van der Waals surface area contributed by atoms with Crippen LogP contribution in [0.1, 0.15) is 36.0 Å². The Kier molecular flexibility index (Phi) is 5.61. The SMILES string of the molecule is O=C(NCCOC1CCCC1)c1ccc(S(=O)(=O)Cl)cc1. The maximum atomic E-state index is 11.9. The molecular weight excluding hydrogens is 314 g/mol. The molecule has 1 N–H and O–H groups in total. The van der Waals surface area contributed by atoms with Crippen LogP contribution in [0.3, 0.4) is 0 Å². The van der Waals surface area contributed by atoms with Crippen molar-refractivity contribution < 1.29 is 17.9 Å². The number of nitrogens with one attached hydrogen (secondary N) is 1. The lowest BCUT2D eigenvalue weighted by Gasteiger charge is -2.11. The van der Waals surface area contributed by atoms with E-state index in [-0.39, 0.29) is 10.8 Å². The van der Waals surface area contributed by atoms with Crippen LogP contribution in [0, 0.1) is 0 Å². The Morgan fingerprint density at radius 2 is 1.86 bits per heavy atom. The monoisotopic (exact) mass is 331 g/mol. The van der Waals surface area contributed by atoms with Crippen LogP contribution in [-0.2, 0) is 13.8 Å². The van der Waals surface area contributed by atoms with Crippen LogP contribution in [0.2, 0.25) is 0 Å². The van der Waals surface area contributed by atoms with E-state index in [1.54, 1.807) is 0 Å². The third-order valence-corrected chi connectivity index (χ3v) is 4.81. The fraction of sp³-hybridized carbons (Fsp3) is 0.500. The largest absolute Gasteiger partial charge is 0.376 e. The van der Waals surface area contributed by atoms with Crippen LogP contribution < -0.4 is 5.32 Å². The first-order valence-corrected chi connectivity index (χ1v) is 9.22. The van der Waals surface area contributed by atoms with E-state index in [1.165, 1.54) is 37.1 Å². The molecule has 1 aromatic carbocycles. The van der Waals surface area contributed by atoms with Crippen LogP contribution in [0.15, 0.2) is 29.2 Å². The van der Waals surface area contributed by atoms with Gasteiger partial charge in [0, 0.05) is 22.8 Å². The van der Waals surface area contributed by atoms with E-state index in [0.717, 1.165) is 12.8 Å². The summed E-state index contributed by atoms with van der Waals surface area (Å²) in [6.07, 6.45) is 4.96. The molecule has 21 heavy (non-hydrogen) atoms. The lowest BCUT2D eigenvalue weighted by molar-refractivity contribution is 0.0582. The van der Waals surface area contributed by atoms with Gasteiger partial charge in [-0.1, -0.05) is 12.8 Å². The van der Waals surface area contributed by atoms with Crippen molar-refractivity contribution in [2.75, 3.05) is 13.2 Å². The smallest absolute Gasteiger partial charge is 0.261 e. The lowest BCUT2D eigenvalue weighted by Crippen LogP contribution is -2.28. The minimum absolute atomic E-state index is 0.0229. The normalized spacial score (nSPS) is 16.0. The van der Waals surface area contributed by atoms with E-state index in [0.29, 0.717) is 24.8 Å². The molecule has 0 saturated heterocycles. The van der Waals surface area contributed by atoms with Gasteiger partial charge in [-0.2, -0.15) is 0 Å². The van der Waals surface area contributed by atoms with E-state index in [1.807, 2.05) is 0 Å². The summed E-state index contributed by atoms with van der Waals surface area (Å²) in [5.41, 5.74) is 0.389. The first-order chi connectivity index (χ1) is 9.97. The number of carbonyl (C=O) groups excluding carboxylic acids is 1. The molecule has 0 bridgehead atoms. The molecule has 116 valence electrons. The molecule has 0 spiro atoms. The van der Waals surface area contributed by atoms with E-state index in [4.69, 9.17) is 15.4 Å². The van der Waals surface area contributed by atoms with Crippen molar-refractivity contribution in [3.8, 4) is 0 Å². The van der Waals surface area contributed by atoms with E-state index in [2.05, 4.69) is 5.32 Å². The molecule has 1 aromatic rings. The molecule has 2 rings (SSSR count). The highest BCUT2D eigenvalue weighted by atomic mass is 35.7. The maximum absolute atomic E-state index is 11.9. The molecular formula is C14H18ClNO4S. The Balaban J connectivity index is 1.77. The Labute approximate surface area is 129 Å². The highest BCUT2D eigenvalue weighted by Gasteiger charge is 2.15. The predicted molar refractivity (Wildman–Crippen MR) is 80.0 cm³/mol. The Morgan fingerprint density at radius 3 is 2.43 bits per heavy atom. The van der Waals surface area contributed by atoms with Gasteiger partial charge in [0.15, 0.2) is 0 Å². The van der Waals surface area contributed by atoms with Gasteiger partial charge < -0.3 is 10.1 Å². The van der Waals surface area contributed by atoms with Crippen molar-refractivity contribution in [1.82, 2.24) is 5.32 Å². The van der Waals surface area contributed by atoms with Crippen molar-refractivity contribution in [1.29, 1.82) is 0 Å². The molecule has 0 heterocycles. The van der Waals surface area contributed by atoms with Crippen molar-refractivity contribution in [3.05, 3.63) is 29.8 Å². The molecule has 0 unspecified atom stereocenters. The molecule has 1 amide bonds. The van der Waals surface area contributed by atoms with Gasteiger partial charge in [-0.25, -0.2) is 8.42 Å². The minimum Gasteiger partial charge on any atom is -0.376 e. The molecule has 1 fully saturated rings. The fourth-order valence-electron chi connectivity index (χ4n) is 2.32. The number of amides is 1. The first kappa shape index (κ1) is 16.3. The molecule has 0 aromatic heterocycles. The standard InChI is InChI=1S/C14H18ClNO4S/c15-21(18,19)13-7-5-11(6-8-13)14(17)16-9-10-20-12-3-1-2-4-12/h5-8,12H,1-4,9-10H2,(H,16,17). The number of hydrogen-bond acceptors (Lipinski definition) is 4. The summed E-state index contributed by atoms with van der Waals surface area (Å²) >= 11 is 0. The van der Waals surface area contributed by atoms with Gasteiger partial charge >= 0.3 is 0 Å². The van der Waals surface area contributed by atoms with Gasteiger partial charge in [0.2, 0.25) is 0 Å². The van der Waals surface area contributed by atoms with Gasteiger partial charge in [-0.15, -0.1) is 0 Å². The van der Waals surface area contributed by atoms with Crippen LogP contribution in [0.25, 0.3) is 0 Å². The highest BCUT2D eigenvalue weighted by molar-refractivity contribution is 8.13. The van der Waals surface area contributed by atoms with Gasteiger partial charge in [-0.05, 0) is 37.1 Å². The zero-order valence-corrected chi connectivity index (χ0v) is 13.1. The highest BCUT2D eigenvalue weighted by Crippen LogP contribution is 2.20. The number of ether oxygens (including phenoxy) is 1. The molecule has 1 aliphatic carbocycles. The summed E-state index contributed by atoms with van der Waals surface area (Å²) in [5, 5.41) is 2.73.